The molecule has 0 bridgehead atoms. The molecule has 2 atom stereocenters. The highest BCUT2D eigenvalue weighted by atomic mass is 35.5. The number of carbonyl (C=O) groups excluding carboxylic acids is 3. The number of alkyl halides is 3. The third-order valence-corrected chi connectivity index (χ3v) is 8.98. The number of piperidine rings is 2. The number of aromatic amines is 2. The van der Waals surface area contributed by atoms with Gasteiger partial charge in [-0.05, 0) is 43.6 Å². The van der Waals surface area contributed by atoms with Gasteiger partial charge in [0.15, 0.2) is 11.5 Å². The molecule has 0 radical (unpaired) electrons. The van der Waals surface area contributed by atoms with Gasteiger partial charge in [0.05, 0.1) is 40.2 Å². The molecule has 1 aromatic carbocycles. The second kappa shape index (κ2) is 12.2. The number of halogens is 4. The van der Waals surface area contributed by atoms with E-state index in [-0.39, 0.29) is 76.4 Å². The van der Waals surface area contributed by atoms with Crippen LogP contribution in [0, 0.1) is 30.1 Å². The van der Waals surface area contributed by atoms with Crippen molar-refractivity contribution < 1.29 is 27.6 Å². The zero-order valence-electron chi connectivity index (χ0n) is 23.9. The van der Waals surface area contributed by atoms with Crippen molar-refractivity contribution in [3.05, 3.63) is 57.8 Å². The number of fused-ring (bicyclic) bond motifs is 1. The van der Waals surface area contributed by atoms with Gasteiger partial charge in [-0.3, -0.25) is 19.5 Å². The zero-order valence-corrected chi connectivity index (χ0v) is 24.7. The fourth-order valence-corrected chi connectivity index (χ4v) is 6.55. The summed E-state index contributed by atoms with van der Waals surface area (Å²) in [5.74, 6) is 1.88. The lowest BCUT2D eigenvalue weighted by Crippen LogP contribution is -2.43. The number of terminal acetylenes is 1. The van der Waals surface area contributed by atoms with Crippen molar-refractivity contribution in [2.45, 2.75) is 38.0 Å². The van der Waals surface area contributed by atoms with Crippen LogP contribution < -0.4 is 16.0 Å². The lowest BCUT2D eigenvalue weighted by molar-refractivity contribution is -0.140. The predicted molar refractivity (Wildman–Crippen MR) is 157 cm³/mol. The van der Waals surface area contributed by atoms with E-state index in [2.05, 4.69) is 42.0 Å². The van der Waals surface area contributed by atoms with E-state index >= 15 is 0 Å². The first-order valence-corrected chi connectivity index (χ1v) is 14.9. The minimum atomic E-state index is -4.75. The van der Waals surface area contributed by atoms with Gasteiger partial charge in [-0.2, -0.15) is 18.3 Å². The van der Waals surface area contributed by atoms with Crippen LogP contribution in [0.3, 0.4) is 0 Å². The molecule has 4 heterocycles. The Hall–Kier alpha value is -4.35. The van der Waals surface area contributed by atoms with Crippen molar-refractivity contribution in [1.82, 2.24) is 41.0 Å². The van der Waals surface area contributed by atoms with Gasteiger partial charge in [0.25, 0.3) is 11.8 Å². The molecule has 2 aliphatic heterocycles. The number of benzene rings is 1. The largest absolute Gasteiger partial charge is 0.435 e. The number of imidazole rings is 1. The summed E-state index contributed by atoms with van der Waals surface area (Å²) in [6.07, 6.45) is 3.22. The summed E-state index contributed by atoms with van der Waals surface area (Å²) in [4.78, 5) is 47.0. The van der Waals surface area contributed by atoms with Crippen molar-refractivity contribution >= 4 is 29.3 Å². The van der Waals surface area contributed by atoms with E-state index in [1.807, 2.05) is 4.90 Å². The first kappa shape index (κ1) is 30.7. The van der Waals surface area contributed by atoms with Crippen molar-refractivity contribution in [2.24, 2.45) is 17.8 Å². The third kappa shape index (κ3) is 6.27. The molecule has 45 heavy (non-hydrogen) atoms. The van der Waals surface area contributed by atoms with Crippen LogP contribution in [-0.4, -0.2) is 75.0 Å². The lowest BCUT2D eigenvalue weighted by Gasteiger charge is -2.28. The Morgan fingerprint density at radius 1 is 1.13 bits per heavy atom. The molecule has 236 valence electrons. The minimum absolute atomic E-state index is 0.000278. The number of rotatable bonds is 8. The molecule has 1 saturated carbocycles. The van der Waals surface area contributed by atoms with E-state index in [1.165, 1.54) is 0 Å². The second-order valence-electron chi connectivity index (χ2n) is 11.5. The highest BCUT2D eigenvalue weighted by molar-refractivity contribution is 6.33. The van der Waals surface area contributed by atoms with Gasteiger partial charge in [-0.1, -0.05) is 17.7 Å². The molecule has 3 amide bonds. The quantitative estimate of drug-likeness (QED) is 0.239. The first-order valence-electron chi connectivity index (χ1n) is 14.6. The molecule has 6 rings (SSSR count). The molecule has 3 aromatic rings. The Labute approximate surface area is 261 Å². The van der Waals surface area contributed by atoms with Crippen molar-refractivity contribution in [3.8, 4) is 23.6 Å². The maximum absolute atomic E-state index is 13.5. The molecule has 15 heteroatoms. The lowest BCUT2D eigenvalue weighted by atomic mass is 9.96. The molecule has 2 saturated heterocycles. The van der Waals surface area contributed by atoms with Crippen molar-refractivity contribution in [3.63, 3.8) is 0 Å². The minimum Gasteiger partial charge on any atom is -0.349 e. The Balaban J connectivity index is 1.02. The second-order valence-corrected chi connectivity index (χ2v) is 11.9. The maximum atomic E-state index is 13.5. The number of carbonyl (C=O) groups is 3. The summed E-state index contributed by atoms with van der Waals surface area (Å²) >= 11 is 6.42. The van der Waals surface area contributed by atoms with Gasteiger partial charge < -0.3 is 25.8 Å². The van der Waals surface area contributed by atoms with E-state index < -0.39 is 17.8 Å². The topological polar surface area (TPSA) is 148 Å². The normalized spacial score (nSPS) is 21.2. The van der Waals surface area contributed by atoms with E-state index in [4.69, 9.17) is 18.0 Å². The van der Waals surface area contributed by atoms with Crippen molar-refractivity contribution in [1.29, 1.82) is 0 Å². The average Bonchev–Trinajstić information content (AvgIpc) is 3.50. The molecule has 3 aliphatic rings. The van der Waals surface area contributed by atoms with Crippen molar-refractivity contribution in [2.75, 3.05) is 26.2 Å². The molecule has 3 fully saturated rings. The Morgan fingerprint density at radius 3 is 2.53 bits per heavy atom. The molecule has 0 spiro atoms. The number of H-pyrrole nitrogens is 2. The maximum Gasteiger partial charge on any atom is 0.435 e. The highest BCUT2D eigenvalue weighted by Crippen LogP contribution is 2.46. The number of hydrogen-bond acceptors (Lipinski definition) is 6. The number of nitrogens with one attached hydrogen (secondary N) is 5. The Morgan fingerprint density at radius 2 is 1.87 bits per heavy atom. The van der Waals surface area contributed by atoms with E-state index in [9.17, 15) is 27.6 Å². The van der Waals surface area contributed by atoms with Gasteiger partial charge in [0.2, 0.25) is 5.91 Å². The summed E-state index contributed by atoms with van der Waals surface area (Å²) in [6.45, 7) is 3.05. The highest BCUT2D eigenvalue weighted by Gasteiger charge is 2.57. The summed E-state index contributed by atoms with van der Waals surface area (Å²) in [5.41, 5.74) is -0.585. The van der Waals surface area contributed by atoms with Crippen LogP contribution >= 0.6 is 11.6 Å². The third-order valence-electron chi connectivity index (χ3n) is 8.67. The molecule has 2 aromatic heterocycles. The number of hydrogen-bond donors (Lipinski definition) is 5. The molecule has 2 unspecified atom stereocenters. The number of amides is 3. The fourth-order valence-electron chi connectivity index (χ4n) is 6.26. The summed E-state index contributed by atoms with van der Waals surface area (Å²) in [5, 5.41) is 14.8. The van der Waals surface area contributed by atoms with Crippen LogP contribution in [0.4, 0.5) is 13.2 Å². The van der Waals surface area contributed by atoms with Gasteiger partial charge in [0.1, 0.15) is 0 Å². The summed E-state index contributed by atoms with van der Waals surface area (Å²) in [6, 6.07) is 4.78. The monoisotopic (exact) mass is 642 g/mol. The molecule has 5 N–H and O–H groups in total. The fraction of sp³-hybridized carbons (Fsp3) is 0.433. The zero-order chi connectivity index (χ0) is 31.9. The van der Waals surface area contributed by atoms with E-state index in [1.54, 1.807) is 18.2 Å². The van der Waals surface area contributed by atoms with Crippen LogP contribution in [0.25, 0.3) is 11.3 Å². The van der Waals surface area contributed by atoms with Crippen LogP contribution in [0.5, 0.6) is 0 Å². The van der Waals surface area contributed by atoms with Gasteiger partial charge >= 0.3 is 6.18 Å². The average molecular weight is 643 g/mol. The van der Waals surface area contributed by atoms with Crippen LogP contribution in [0.15, 0.2) is 24.4 Å². The molecule has 11 nitrogen and oxygen atoms in total. The van der Waals surface area contributed by atoms with Gasteiger partial charge in [-0.15, -0.1) is 12.3 Å². The van der Waals surface area contributed by atoms with Crippen LogP contribution in [0.1, 0.15) is 50.8 Å². The standard InChI is InChI=1S/C30H30ClF3N8O3/c1-2-3-21-23(25(41-40-21)30(32,33)34)22-12-36-26(38-22)28(44)37-11-15-4-5-17(20(31)10-15)27(43)39-24-18-13-42(14-19(18)24)29(45)16-6-8-35-9-7-16/h1,4-5,10,12,16,18-19,24,35H,3,6-9,11,13-14H2,(H,36,38)(H,37,44)(H,39,43)(H,40,41). The summed E-state index contributed by atoms with van der Waals surface area (Å²) in [7, 11) is 0. The van der Waals surface area contributed by atoms with E-state index in [0.717, 1.165) is 32.1 Å². The van der Waals surface area contributed by atoms with Gasteiger partial charge in [0, 0.05) is 43.4 Å². The first-order chi connectivity index (χ1) is 21.5. The predicted octanol–water partition coefficient (Wildman–Crippen LogP) is 2.76. The number of aromatic nitrogens is 4. The Bertz CT molecular complexity index is 1660. The summed E-state index contributed by atoms with van der Waals surface area (Å²) < 4.78 is 40.5. The van der Waals surface area contributed by atoms with Crippen LogP contribution in [0.2, 0.25) is 5.02 Å². The molecular formula is C30H30ClF3N8O3. The Kier molecular flexibility index (Phi) is 8.32. The smallest absolute Gasteiger partial charge is 0.349 e. The number of nitrogens with zero attached hydrogens (tertiary/aromatic N) is 3. The number of likely N-dealkylation sites (tertiary alicyclic amines) is 1. The molecule has 1 aliphatic carbocycles. The van der Waals surface area contributed by atoms with Crippen LogP contribution in [-0.2, 0) is 23.9 Å². The SMILES string of the molecule is C#CCc1[nH]nc(C(F)(F)F)c1-c1cnc(C(=O)NCc2ccc(C(=O)NC3C4CN(C(=O)C5CCNCC5)CC43)c(Cl)c2)[nH]1. The molecular weight excluding hydrogens is 613 g/mol. The van der Waals surface area contributed by atoms with Gasteiger partial charge in [-0.25, -0.2) is 4.98 Å². The van der Waals surface area contributed by atoms with E-state index in [0.29, 0.717) is 24.2 Å².